The van der Waals surface area contributed by atoms with Crippen molar-refractivity contribution in [2.24, 2.45) is 10.1 Å². The summed E-state index contributed by atoms with van der Waals surface area (Å²) in [4.78, 5) is 27.8. The SMILES string of the molecule is C/C(CCc1cccc(OCCC(NC(=O)OCc2ccccc2)C(=O)O)c1)=N/NC1=NCCN1. The van der Waals surface area contributed by atoms with Crippen LogP contribution >= 0.6 is 0 Å². The molecule has 10 heteroatoms. The maximum Gasteiger partial charge on any atom is 0.408 e. The molecule has 3 rings (SSSR count). The van der Waals surface area contributed by atoms with Crippen molar-refractivity contribution in [1.82, 2.24) is 16.1 Å². The van der Waals surface area contributed by atoms with Crippen LogP contribution in [-0.2, 0) is 22.6 Å². The summed E-state index contributed by atoms with van der Waals surface area (Å²) in [7, 11) is 0. The summed E-state index contributed by atoms with van der Waals surface area (Å²) < 4.78 is 10.8. The summed E-state index contributed by atoms with van der Waals surface area (Å²) in [6, 6.07) is 15.7. The van der Waals surface area contributed by atoms with Crippen molar-refractivity contribution in [1.29, 1.82) is 0 Å². The molecule has 0 fully saturated rings. The van der Waals surface area contributed by atoms with Crippen LogP contribution in [0.2, 0.25) is 0 Å². The summed E-state index contributed by atoms with van der Waals surface area (Å²) >= 11 is 0. The number of hydrogen-bond acceptors (Lipinski definition) is 8. The molecule has 0 radical (unpaired) electrons. The van der Waals surface area contributed by atoms with Crippen LogP contribution in [0.3, 0.4) is 0 Å². The number of nitrogens with one attached hydrogen (secondary N) is 3. The van der Waals surface area contributed by atoms with E-state index in [0.717, 1.165) is 42.8 Å². The van der Waals surface area contributed by atoms with Gasteiger partial charge in [0.25, 0.3) is 0 Å². The Balaban J connectivity index is 1.40. The third-order valence-corrected chi connectivity index (χ3v) is 5.18. The molecule has 0 aliphatic carbocycles. The number of guanidine groups is 1. The number of carbonyl (C=O) groups excluding carboxylic acids is 1. The largest absolute Gasteiger partial charge is 0.493 e. The highest BCUT2D eigenvalue weighted by molar-refractivity contribution is 5.86. The van der Waals surface area contributed by atoms with Gasteiger partial charge in [0.1, 0.15) is 18.4 Å². The minimum absolute atomic E-state index is 0.0637. The Labute approximate surface area is 204 Å². The molecule has 1 amide bonds. The fourth-order valence-electron chi connectivity index (χ4n) is 3.25. The maximum absolute atomic E-state index is 12.0. The first-order chi connectivity index (χ1) is 17.0. The molecule has 2 aromatic rings. The lowest BCUT2D eigenvalue weighted by Crippen LogP contribution is -2.42. The fourth-order valence-corrected chi connectivity index (χ4v) is 3.25. The molecule has 0 spiro atoms. The van der Waals surface area contributed by atoms with Gasteiger partial charge < -0.3 is 25.2 Å². The van der Waals surface area contributed by atoms with Crippen molar-refractivity contribution in [2.75, 3.05) is 19.7 Å². The van der Waals surface area contributed by atoms with Gasteiger partial charge in [0, 0.05) is 18.7 Å². The van der Waals surface area contributed by atoms with Crippen molar-refractivity contribution in [3.05, 3.63) is 65.7 Å². The number of aliphatic imine (C=N–C) groups is 1. The molecule has 1 aliphatic rings. The third-order valence-electron chi connectivity index (χ3n) is 5.18. The number of aliphatic carboxylic acids is 1. The Kier molecular flexibility index (Phi) is 9.91. The smallest absolute Gasteiger partial charge is 0.408 e. The first-order valence-electron chi connectivity index (χ1n) is 11.5. The van der Waals surface area contributed by atoms with E-state index in [9.17, 15) is 14.7 Å². The Morgan fingerprint density at radius 1 is 1.17 bits per heavy atom. The van der Waals surface area contributed by atoms with Crippen LogP contribution in [0.1, 0.15) is 30.9 Å². The standard InChI is InChI=1S/C25H31N5O5/c1-18(29-30-24-26-13-14-27-24)10-11-19-8-5-9-21(16-19)34-15-12-22(23(31)32)28-25(33)35-17-20-6-3-2-4-7-20/h2-9,16,22H,10-15,17H2,1H3,(H,28,33)(H,31,32)(H2,26,27,30)/b29-18-. The molecule has 35 heavy (non-hydrogen) atoms. The number of carbonyl (C=O) groups is 2. The monoisotopic (exact) mass is 481 g/mol. The number of carboxylic acids is 1. The molecule has 1 unspecified atom stereocenters. The zero-order valence-corrected chi connectivity index (χ0v) is 19.7. The average Bonchev–Trinajstić information content (AvgIpc) is 3.39. The van der Waals surface area contributed by atoms with Crippen LogP contribution in [0.4, 0.5) is 4.79 Å². The Hall–Kier alpha value is -4.08. The van der Waals surface area contributed by atoms with Gasteiger partial charge in [-0.3, -0.25) is 0 Å². The number of aryl methyl sites for hydroxylation is 1. The molecule has 2 aromatic carbocycles. The summed E-state index contributed by atoms with van der Waals surface area (Å²) in [5.74, 6) is 0.176. The van der Waals surface area contributed by atoms with E-state index in [1.807, 2.05) is 61.5 Å². The molecule has 10 nitrogen and oxygen atoms in total. The topological polar surface area (TPSA) is 134 Å². The number of alkyl carbamates (subject to hydrolysis) is 1. The van der Waals surface area contributed by atoms with Crippen molar-refractivity contribution < 1.29 is 24.2 Å². The first-order valence-corrected chi connectivity index (χ1v) is 11.5. The third kappa shape index (κ3) is 9.36. The summed E-state index contributed by atoms with van der Waals surface area (Å²) in [6.07, 6.45) is 0.848. The Morgan fingerprint density at radius 2 is 1.97 bits per heavy atom. The van der Waals surface area contributed by atoms with Crippen molar-refractivity contribution in [3.63, 3.8) is 0 Å². The van der Waals surface area contributed by atoms with Gasteiger partial charge in [-0.15, -0.1) is 0 Å². The molecular weight excluding hydrogens is 450 g/mol. The number of rotatable bonds is 12. The second-order valence-electron chi connectivity index (χ2n) is 8.00. The number of carboxylic acid groups (broad SMARTS) is 1. The van der Waals surface area contributed by atoms with Crippen molar-refractivity contribution >= 4 is 23.7 Å². The Morgan fingerprint density at radius 3 is 2.71 bits per heavy atom. The summed E-state index contributed by atoms with van der Waals surface area (Å²) in [5, 5.41) is 19.2. The number of hydrazone groups is 1. The average molecular weight is 482 g/mol. The van der Waals surface area contributed by atoms with Crippen molar-refractivity contribution in [3.8, 4) is 5.75 Å². The van der Waals surface area contributed by atoms with Gasteiger partial charge in [0.05, 0.1) is 13.2 Å². The molecule has 0 bridgehead atoms. The molecule has 186 valence electrons. The van der Waals surface area contributed by atoms with E-state index < -0.39 is 18.1 Å². The van der Waals surface area contributed by atoms with Crippen LogP contribution in [0.25, 0.3) is 0 Å². The van der Waals surface area contributed by atoms with Crippen LogP contribution in [0.5, 0.6) is 5.75 Å². The zero-order chi connectivity index (χ0) is 24.9. The quantitative estimate of drug-likeness (QED) is 0.271. The normalized spacial score (nSPS) is 13.9. The maximum atomic E-state index is 12.0. The fraction of sp³-hybridized carbons (Fsp3) is 0.360. The number of amides is 1. The molecule has 1 heterocycles. The van der Waals surface area contributed by atoms with Gasteiger partial charge >= 0.3 is 12.1 Å². The predicted molar refractivity (Wildman–Crippen MR) is 133 cm³/mol. The summed E-state index contributed by atoms with van der Waals surface area (Å²) in [6.45, 7) is 3.72. The van der Waals surface area contributed by atoms with Crippen molar-refractivity contribution in [2.45, 2.75) is 38.8 Å². The molecule has 1 aliphatic heterocycles. The van der Waals surface area contributed by atoms with Gasteiger partial charge in [0.15, 0.2) is 0 Å². The number of hydrogen-bond donors (Lipinski definition) is 4. The van der Waals surface area contributed by atoms with E-state index in [2.05, 4.69) is 26.2 Å². The van der Waals surface area contributed by atoms with E-state index in [4.69, 9.17) is 9.47 Å². The highest BCUT2D eigenvalue weighted by Crippen LogP contribution is 2.15. The lowest BCUT2D eigenvalue weighted by atomic mass is 10.1. The lowest BCUT2D eigenvalue weighted by molar-refractivity contribution is -0.139. The highest BCUT2D eigenvalue weighted by atomic mass is 16.5. The number of nitrogens with zero attached hydrogens (tertiary/aromatic N) is 2. The number of ether oxygens (including phenoxy) is 2. The minimum Gasteiger partial charge on any atom is -0.493 e. The molecule has 0 saturated carbocycles. The molecule has 4 N–H and O–H groups in total. The molecule has 0 aromatic heterocycles. The van der Waals surface area contributed by atoms with E-state index in [0.29, 0.717) is 11.7 Å². The molecular formula is C25H31N5O5. The number of benzene rings is 2. The lowest BCUT2D eigenvalue weighted by Gasteiger charge is -2.15. The van der Waals surface area contributed by atoms with Gasteiger partial charge in [-0.2, -0.15) is 5.10 Å². The van der Waals surface area contributed by atoms with Crippen LogP contribution < -0.4 is 20.8 Å². The first kappa shape index (κ1) is 25.5. The van der Waals surface area contributed by atoms with E-state index >= 15 is 0 Å². The van der Waals surface area contributed by atoms with Gasteiger partial charge in [-0.1, -0.05) is 42.5 Å². The van der Waals surface area contributed by atoms with Crippen LogP contribution in [0, 0.1) is 0 Å². The van der Waals surface area contributed by atoms with Gasteiger partial charge in [0.2, 0.25) is 5.96 Å². The van der Waals surface area contributed by atoms with E-state index in [-0.39, 0.29) is 19.6 Å². The second-order valence-corrected chi connectivity index (χ2v) is 8.00. The minimum atomic E-state index is -1.15. The zero-order valence-electron chi connectivity index (χ0n) is 19.7. The van der Waals surface area contributed by atoms with E-state index in [1.54, 1.807) is 0 Å². The highest BCUT2D eigenvalue weighted by Gasteiger charge is 2.20. The second kappa shape index (κ2) is 13.6. The predicted octanol–water partition coefficient (Wildman–Crippen LogP) is 2.69. The molecule has 0 saturated heterocycles. The molecule has 1 atom stereocenters. The van der Waals surface area contributed by atoms with E-state index in [1.165, 1.54) is 0 Å². The van der Waals surface area contributed by atoms with Crippen LogP contribution in [-0.4, -0.2) is 54.6 Å². The van der Waals surface area contributed by atoms with Crippen LogP contribution in [0.15, 0.2) is 64.7 Å². The van der Waals surface area contributed by atoms with Gasteiger partial charge in [-0.05, 0) is 43.0 Å². The summed E-state index contributed by atoms with van der Waals surface area (Å²) in [5.41, 5.74) is 5.76. The Bertz CT molecular complexity index is 1040. The van der Waals surface area contributed by atoms with Gasteiger partial charge in [-0.25, -0.2) is 20.0 Å².